The van der Waals surface area contributed by atoms with Gasteiger partial charge in [-0.2, -0.15) is 0 Å². The molecule has 2 nitrogen and oxygen atoms in total. The molecule has 1 aromatic carbocycles. The summed E-state index contributed by atoms with van der Waals surface area (Å²) in [5.41, 5.74) is 9.26. The first-order chi connectivity index (χ1) is 8.47. The van der Waals surface area contributed by atoms with E-state index in [0.29, 0.717) is 5.56 Å². The zero-order valence-corrected chi connectivity index (χ0v) is 11.8. The van der Waals surface area contributed by atoms with Gasteiger partial charge in [-0.3, -0.25) is 4.98 Å². The van der Waals surface area contributed by atoms with Crippen LogP contribution in [0.15, 0.2) is 34.8 Å². The summed E-state index contributed by atoms with van der Waals surface area (Å²) in [6, 6.07) is 8.08. The Hall–Kier alpha value is -1.26. The van der Waals surface area contributed by atoms with E-state index in [2.05, 4.69) is 20.9 Å². The fraction of sp³-hybridized carbons (Fsp3) is 0.214. The maximum Gasteiger partial charge on any atom is 0.128 e. The third-order valence-electron chi connectivity index (χ3n) is 2.76. The molecule has 0 fully saturated rings. The SMILES string of the molecule is Cc1cc(C(N)c2cc(Br)ccc2F)cc(C)n1. The number of nitrogens with zero attached hydrogens (tertiary/aromatic N) is 1. The minimum absolute atomic E-state index is 0.294. The van der Waals surface area contributed by atoms with Crippen LogP contribution < -0.4 is 5.73 Å². The lowest BCUT2D eigenvalue weighted by atomic mass is 9.99. The Balaban J connectivity index is 2.47. The summed E-state index contributed by atoms with van der Waals surface area (Å²) in [5.74, 6) is -0.294. The predicted octanol–water partition coefficient (Wildman–Crippen LogP) is 3.65. The quantitative estimate of drug-likeness (QED) is 0.919. The number of hydrogen-bond acceptors (Lipinski definition) is 2. The molecule has 0 saturated carbocycles. The van der Waals surface area contributed by atoms with Crippen molar-refractivity contribution in [1.82, 2.24) is 4.98 Å². The van der Waals surface area contributed by atoms with Gasteiger partial charge in [-0.1, -0.05) is 15.9 Å². The lowest BCUT2D eigenvalue weighted by Gasteiger charge is -2.15. The third-order valence-corrected chi connectivity index (χ3v) is 3.25. The molecular formula is C14H14BrFN2. The van der Waals surface area contributed by atoms with Crippen LogP contribution in [0.1, 0.15) is 28.6 Å². The number of aromatic nitrogens is 1. The molecule has 2 aromatic rings. The first kappa shape index (κ1) is 13.2. The van der Waals surface area contributed by atoms with Gasteiger partial charge in [-0.15, -0.1) is 0 Å². The summed E-state index contributed by atoms with van der Waals surface area (Å²) < 4.78 is 14.6. The van der Waals surface area contributed by atoms with Crippen LogP contribution in [0.5, 0.6) is 0 Å². The molecule has 1 unspecified atom stereocenters. The van der Waals surface area contributed by atoms with Gasteiger partial charge in [-0.25, -0.2) is 4.39 Å². The minimum atomic E-state index is -0.483. The average molecular weight is 309 g/mol. The second-order valence-electron chi connectivity index (χ2n) is 4.33. The van der Waals surface area contributed by atoms with Crippen molar-refractivity contribution in [2.75, 3.05) is 0 Å². The number of nitrogens with two attached hydrogens (primary N) is 1. The van der Waals surface area contributed by atoms with Crippen LogP contribution in [0.2, 0.25) is 0 Å². The molecule has 0 aliphatic heterocycles. The van der Waals surface area contributed by atoms with E-state index in [0.717, 1.165) is 21.4 Å². The Labute approximate surface area is 114 Å². The normalized spacial score (nSPS) is 12.5. The standard InChI is InChI=1S/C14H14BrFN2/c1-8-5-10(6-9(2)18-8)14(17)12-7-11(15)3-4-13(12)16/h3-7,14H,17H2,1-2H3. The molecule has 0 aliphatic rings. The molecule has 0 aliphatic carbocycles. The van der Waals surface area contributed by atoms with Gasteiger partial charge in [-0.05, 0) is 49.7 Å². The van der Waals surface area contributed by atoms with Crippen molar-refractivity contribution in [3.05, 3.63) is 63.1 Å². The van der Waals surface area contributed by atoms with Crippen molar-refractivity contribution in [1.29, 1.82) is 0 Å². The summed E-state index contributed by atoms with van der Waals surface area (Å²) >= 11 is 3.33. The first-order valence-corrected chi connectivity index (χ1v) is 6.42. The third kappa shape index (κ3) is 2.76. The molecule has 1 atom stereocenters. The van der Waals surface area contributed by atoms with E-state index in [4.69, 9.17) is 5.73 Å². The van der Waals surface area contributed by atoms with Gasteiger partial charge >= 0.3 is 0 Å². The Bertz CT molecular complexity index is 564. The largest absolute Gasteiger partial charge is 0.320 e. The van der Waals surface area contributed by atoms with Crippen LogP contribution in [0.4, 0.5) is 4.39 Å². The fourth-order valence-electron chi connectivity index (χ4n) is 1.98. The van der Waals surface area contributed by atoms with Crippen LogP contribution >= 0.6 is 15.9 Å². The Morgan fingerprint density at radius 1 is 1.17 bits per heavy atom. The van der Waals surface area contributed by atoms with Gasteiger partial charge in [0.05, 0.1) is 6.04 Å². The van der Waals surface area contributed by atoms with Gasteiger partial charge in [0.15, 0.2) is 0 Å². The zero-order valence-electron chi connectivity index (χ0n) is 10.2. The number of benzene rings is 1. The summed E-state index contributed by atoms with van der Waals surface area (Å²) in [6.07, 6.45) is 0. The molecule has 1 aromatic heterocycles. The van der Waals surface area contributed by atoms with E-state index >= 15 is 0 Å². The van der Waals surface area contributed by atoms with Crippen molar-refractivity contribution in [2.45, 2.75) is 19.9 Å². The van der Waals surface area contributed by atoms with Crippen LogP contribution in [0, 0.1) is 19.7 Å². The molecule has 2 rings (SSSR count). The average Bonchev–Trinajstić information content (AvgIpc) is 2.30. The Morgan fingerprint density at radius 2 is 1.78 bits per heavy atom. The lowest BCUT2D eigenvalue weighted by molar-refractivity contribution is 0.599. The second kappa shape index (κ2) is 5.16. The number of halogens is 2. The molecule has 0 spiro atoms. The highest BCUT2D eigenvalue weighted by molar-refractivity contribution is 9.10. The molecule has 0 radical (unpaired) electrons. The van der Waals surface area contributed by atoms with E-state index in [1.807, 2.05) is 26.0 Å². The van der Waals surface area contributed by atoms with Crippen LogP contribution in [-0.2, 0) is 0 Å². The highest BCUT2D eigenvalue weighted by Crippen LogP contribution is 2.25. The molecule has 0 amide bonds. The van der Waals surface area contributed by atoms with Crippen molar-refractivity contribution in [3.8, 4) is 0 Å². The lowest BCUT2D eigenvalue weighted by Crippen LogP contribution is -2.14. The van der Waals surface area contributed by atoms with Crippen molar-refractivity contribution in [3.63, 3.8) is 0 Å². The second-order valence-corrected chi connectivity index (χ2v) is 5.24. The van der Waals surface area contributed by atoms with E-state index in [9.17, 15) is 4.39 Å². The summed E-state index contributed by atoms with van der Waals surface area (Å²) in [4.78, 5) is 4.29. The molecule has 4 heteroatoms. The van der Waals surface area contributed by atoms with Gasteiger partial charge in [0.25, 0.3) is 0 Å². The van der Waals surface area contributed by atoms with E-state index in [1.165, 1.54) is 6.07 Å². The van der Waals surface area contributed by atoms with Crippen LogP contribution in [-0.4, -0.2) is 4.98 Å². The van der Waals surface area contributed by atoms with Gasteiger partial charge < -0.3 is 5.73 Å². The summed E-state index contributed by atoms with van der Waals surface area (Å²) in [5, 5.41) is 0. The van der Waals surface area contributed by atoms with E-state index < -0.39 is 6.04 Å². The first-order valence-electron chi connectivity index (χ1n) is 5.63. The Morgan fingerprint density at radius 3 is 2.39 bits per heavy atom. The summed E-state index contributed by atoms with van der Waals surface area (Å²) in [6.45, 7) is 3.81. The van der Waals surface area contributed by atoms with Crippen molar-refractivity contribution < 1.29 is 4.39 Å². The maximum absolute atomic E-state index is 13.8. The smallest absolute Gasteiger partial charge is 0.128 e. The van der Waals surface area contributed by atoms with Gasteiger partial charge in [0.2, 0.25) is 0 Å². The molecule has 0 bridgehead atoms. The molecule has 94 valence electrons. The van der Waals surface area contributed by atoms with Crippen LogP contribution in [0.25, 0.3) is 0 Å². The topological polar surface area (TPSA) is 38.9 Å². The van der Waals surface area contributed by atoms with Gasteiger partial charge in [0, 0.05) is 21.4 Å². The molecule has 18 heavy (non-hydrogen) atoms. The predicted molar refractivity (Wildman–Crippen MR) is 73.8 cm³/mol. The van der Waals surface area contributed by atoms with E-state index in [-0.39, 0.29) is 5.82 Å². The minimum Gasteiger partial charge on any atom is -0.320 e. The zero-order chi connectivity index (χ0) is 13.3. The fourth-order valence-corrected chi connectivity index (χ4v) is 2.36. The van der Waals surface area contributed by atoms with Crippen molar-refractivity contribution >= 4 is 15.9 Å². The van der Waals surface area contributed by atoms with Gasteiger partial charge in [0.1, 0.15) is 5.82 Å². The van der Waals surface area contributed by atoms with E-state index in [1.54, 1.807) is 12.1 Å². The molecule has 0 saturated heterocycles. The number of aryl methyl sites for hydroxylation is 2. The number of hydrogen-bond donors (Lipinski definition) is 1. The highest BCUT2D eigenvalue weighted by atomic mass is 79.9. The molecule has 1 heterocycles. The highest BCUT2D eigenvalue weighted by Gasteiger charge is 2.15. The van der Waals surface area contributed by atoms with Crippen molar-refractivity contribution in [2.24, 2.45) is 5.73 Å². The Kier molecular flexibility index (Phi) is 3.78. The maximum atomic E-state index is 13.8. The molecule has 2 N–H and O–H groups in total. The number of rotatable bonds is 2. The monoisotopic (exact) mass is 308 g/mol. The molecular weight excluding hydrogens is 295 g/mol. The number of pyridine rings is 1. The summed E-state index contributed by atoms with van der Waals surface area (Å²) in [7, 11) is 0. The van der Waals surface area contributed by atoms with Crippen LogP contribution in [0.3, 0.4) is 0 Å².